The standard InChI is InChI=1S/C14H17NO/c16-10-11-9-15(12-5-1-2-6-12)14-8-4-3-7-13(11)14/h3-4,7-9,12,16H,1-2,5-6,10H2. The van der Waals surface area contributed by atoms with Crippen LogP contribution < -0.4 is 0 Å². The quantitative estimate of drug-likeness (QED) is 0.817. The van der Waals surface area contributed by atoms with Gasteiger partial charge in [0.25, 0.3) is 0 Å². The Kier molecular flexibility index (Phi) is 2.44. The van der Waals surface area contributed by atoms with E-state index in [9.17, 15) is 5.11 Å². The summed E-state index contributed by atoms with van der Waals surface area (Å²) in [6, 6.07) is 9.03. The first-order valence-corrected chi connectivity index (χ1v) is 6.09. The van der Waals surface area contributed by atoms with Gasteiger partial charge in [0.1, 0.15) is 0 Å². The van der Waals surface area contributed by atoms with Crippen molar-refractivity contribution in [3.63, 3.8) is 0 Å². The zero-order valence-electron chi connectivity index (χ0n) is 9.39. The Hall–Kier alpha value is -1.28. The van der Waals surface area contributed by atoms with Crippen molar-refractivity contribution < 1.29 is 5.11 Å². The van der Waals surface area contributed by atoms with Gasteiger partial charge in [-0.2, -0.15) is 0 Å². The Morgan fingerprint density at radius 3 is 2.69 bits per heavy atom. The van der Waals surface area contributed by atoms with Crippen LogP contribution in [-0.2, 0) is 6.61 Å². The minimum absolute atomic E-state index is 0.139. The third-order valence-corrected chi connectivity index (χ3v) is 3.71. The Bertz CT molecular complexity index is 494. The molecule has 1 aliphatic carbocycles. The monoisotopic (exact) mass is 215 g/mol. The number of hydrogen-bond acceptors (Lipinski definition) is 1. The second kappa shape index (κ2) is 3.95. The van der Waals surface area contributed by atoms with Crippen molar-refractivity contribution in [2.75, 3.05) is 0 Å². The molecule has 1 aliphatic rings. The van der Waals surface area contributed by atoms with Crippen molar-refractivity contribution >= 4 is 10.9 Å². The highest BCUT2D eigenvalue weighted by Gasteiger charge is 2.19. The van der Waals surface area contributed by atoms with E-state index < -0.39 is 0 Å². The molecule has 0 unspecified atom stereocenters. The van der Waals surface area contributed by atoms with Gasteiger partial charge in [0.05, 0.1) is 6.61 Å². The van der Waals surface area contributed by atoms with E-state index in [0.29, 0.717) is 6.04 Å². The highest BCUT2D eigenvalue weighted by Crippen LogP contribution is 2.34. The molecule has 0 amide bonds. The van der Waals surface area contributed by atoms with Gasteiger partial charge in [-0.1, -0.05) is 31.0 Å². The molecule has 16 heavy (non-hydrogen) atoms. The normalized spacial score (nSPS) is 17.3. The lowest BCUT2D eigenvalue weighted by atomic mass is 10.2. The van der Waals surface area contributed by atoms with Crippen LogP contribution in [0.5, 0.6) is 0 Å². The number of aromatic nitrogens is 1. The Morgan fingerprint density at radius 1 is 1.19 bits per heavy atom. The SMILES string of the molecule is OCc1cn(C2CCCC2)c2ccccc12. The molecule has 0 spiro atoms. The maximum Gasteiger partial charge on any atom is 0.0702 e. The molecule has 0 saturated heterocycles. The highest BCUT2D eigenvalue weighted by atomic mass is 16.3. The average Bonchev–Trinajstić information content (AvgIpc) is 2.95. The molecule has 2 aromatic rings. The number of aliphatic hydroxyl groups excluding tert-OH is 1. The zero-order valence-corrected chi connectivity index (χ0v) is 9.39. The van der Waals surface area contributed by atoms with E-state index in [4.69, 9.17) is 0 Å². The molecule has 2 heteroatoms. The van der Waals surface area contributed by atoms with Crippen molar-refractivity contribution in [3.8, 4) is 0 Å². The zero-order chi connectivity index (χ0) is 11.0. The lowest BCUT2D eigenvalue weighted by molar-refractivity contribution is 0.282. The molecule has 0 aliphatic heterocycles. The second-order valence-electron chi connectivity index (χ2n) is 4.68. The Morgan fingerprint density at radius 2 is 1.94 bits per heavy atom. The van der Waals surface area contributed by atoms with Crippen molar-refractivity contribution in [1.82, 2.24) is 4.57 Å². The summed E-state index contributed by atoms with van der Waals surface area (Å²) in [5.74, 6) is 0. The summed E-state index contributed by atoms with van der Waals surface area (Å²) in [5, 5.41) is 10.6. The van der Waals surface area contributed by atoms with Gasteiger partial charge in [0.2, 0.25) is 0 Å². The van der Waals surface area contributed by atoms with E-state index >= 15 is 0 Å². The molecule has 1 aromatic heterocycles. The molecule has 1 heterocycles. The fraction of sp³-hybridized carbons (Fsp3) is 0.429. The molecule has 0 bridgehead atoms. The topological polar surface area (TPSA) is 25.2 Å². The molecule has 1 aromatic carbocycles. The van der Waals surface area contributed by atoms with Crippen molar-refractivity contribution in [2.45, 2.75) is 38.3 Å². The van der Waals surface area contributed by atoms with Crippen LogP contribution >= 0.6 is 0 Å². The van der Waals surface area contributed by atoms with Gasteiger partial charge >= 0.3 is 0 Å². The summed E-state index contributed by atoms with van der Waals surface area (Å²) in [7, 11) is 0. The first-order chi connectivity index (χ1) is 7.90. The van der Waals surface area contributed by atoms with E-state index in [-0.39, 0.29) is 6.61 Å². The van der Waals surface area contributed by atoms with Gasteiger partial charge < -0.3 is 9.67 Å². The minimum Gasteiger partial charge on any atom is -0.392 e. The predicted octanol–water partition coefficient (Wildman–Crippen LogP) is 3.25. The third-order valence-electron chi connectivity index (χ3n) is 3.71. The number of rotatable bonds is 2. The Balaban J connectivity index is 2.16. The van der Waals surface area contributed by atoms with Crippen molar-refractivity contribution in [3.05, 3.63) is 36.0 Å². The lowest BCUT2D eigenvalue weighted by Crippen LogP contribution is -2.02. The summed E-state index contributed by atoms with van der Waals surface area (Å²) in [5.41, 5.74) is 2.33. The van der Waals surface area contributed by atoms with Crippen LogP contribution in [0.1, 0.15) is 37.3 Å². The largest absolute Gasteiger partial charge is 0.392 e. The first kappa shape index (κ1) is 9.91. The van der Waals surface area contributed by atoms with Crippen LogP contribution in [0.15, 0.2) is 30.5 Å². The molecule has 1 N–H and O–H groups in total. The molecule has 0 atom stereocenters. The van der Waals surface area contributed by atoms with Crippen LogP contribution in [0.4, 0.5) is 0 Å². The van der Waals surface area contributed by atoms with Gasteiger partial charge in [-0.25, -0.2) is 0 Å². The molecule has 84 valence electrons. The van der Waals surface area contributed by atoms with Gasteiger partial charge in [0.15, 0.2) is 0 Å². The number of benzene rings is 1. The van der Waals surface area contributed by atoms with E-state index in [2.05, 4.69) is 29.0 Å². The maximum atomic E-state index is 9.38. The Labute approximate surface area is 95.5 Å². The van der Waals surface area contributed by atoms with E-state index in [0.717, 1.165) is 5.56 Å². The fourth-order valence-corrected chi connectivity index (χ4v) is 2.89. The number of hydrogen-bond donors (Lipinski definition) is 1. The molecule has 1 fully saturated rings. The van der Waals surface area contributed by atoms with Gasteiger partial charge in [-0.3, -0.25) is 0 Å². The third kappa shape index (κ3) is 1.45. The summed E-state index contributed by atoms with van der Waals surface area (Å²) in [6.45, 7) is 0.139. The van der Waals surface area contributed by atoms with Crippen molar-refractivity contribution in [1.29, 1.82) is 0 Å². The number of nitrogens with zero attached hydrogens (tertiary/aromatic N) is 1. The molecule has 0 radical (unpaired) electrons. The fourth-order valence-electron chi connectivity index (χ4n) is 2.89. The number of fused-ring (bicyclic) bond motifs is 1. The summed E-state index contributed by atoms with van der Waals surface area (Å²) >= 11 is 0. The van der Waals surface area contributed by atoms with Gasteiger partial charge in [0, 0.05) is 28.7 Å². The highest BCUT2D eigenvalue weighted by molar-refractivity contribution is 5.84. The van der Waals surface area contributed by atoms with Gasteiger partial charge in [-0.15, -0.1) is 0 Å². The maximum absolute atomic E-state index is 9.38. The summed E-state index contributed by atoms with van der Waals surface area (Å²) in [4.78, 5) is 0. The number of para-hydroxylation sites is 1. The van der Waals surface area contributed by atoms with Crippen LogP contribution in [-0.4, -0.2) is 9.67 Å². The van der Waals surface area contributed by atoms with E-state index in [1.165, 1.54) is 36.6 Å². The molecule has 3 rings (SSSR count). The summed E-state index contributed by atoms with van der Waals surface area (Å²) < 4.78 is 2.37. The van der Waals surface area contributed by atoms with Crippen LogP contribution in [0.3, 0.4) is 0 Å². The first-order valence-electron chi connectivity index (χ1n) is 6.09. The van der Waals surface area contributed by atoms with E-state index in [1.807, 2.05) is 6.07 Å². The van der Waals surface area contributed by atoms with Crippen LogP contribution in [0, 0.1) is 0 Å². The average molecular weight is 215 g/mol. The molecule has 1 saturated carbocycles. The second-order valence-corrected chi connectivity index (χ2v) is 4.68. The van der Waals surface area contributed by atoms with E-state index in [1.54, 1.807) is 0 Å². The number of aliphatic hydroxyl groups is 1. The molecule has 2 nitrogen and oxygen atoms in total. The predicted molar refractivity (Wildman–Crippen MR) is 65.4 cm³/mol. The smallest absolute Gasteiger partial charge is 0.0702 e. The molecular formula is C14H17NO. The van der Waals surface area contributed by atoms with Crippen LogP contribution in [0.25, 0.3) is 10.9 Å². The minimum atomic E-state index is 0.139. The molecular weight excluding hydrogens is 198 g/mol. The van der Waals surface area contributed by atoms with Crippen molar-refractivity contribution in [2.24, 2.45) is 0 Å². The van der Waals surface area contributed by atoms with Gasteiger partial charge in [-0.05, 0) is 18.9 Å². The lowest BCUT2D eigenvalue weighted by Gasteiger charge is -2.12. The summed E-state index contributed by atoms with van der Waals surface area (Å²) in [6.07, 6.45) is 7.38. The van der Waals surface area contributed by atoms with Crippen LogP contribution in [0.2, 0.25) is 0 Å².